The van der Waals surface area contributed by atoms with Gasteiger partial charge in [0.05, 0.1) is 11.9 Å². The van der Waals surface area contributed by atoms with E-state index >= 15 is 0 Å². The van der Waals surface area contributed by atoms with Crippen molar-refractivity contribution >= 4 is 5.69 Å². The lowest BCUT2D eigenvalue weighted by Crippen LogP contribution is -2.18. The van der Waals surface area contributed by atoms with E-state index in [1.165, 1.54) is 0 Å². The van der Waals surface area contributed by atoms with Crippen LogP contribution >= 0.6 is 0 Å². The molecule has 0 saturated carbocycles. The van der Waals surface area contributed by atoms with Gasteiger partial charge in [0.1, 0.15) is 0 Å². The van der Waals surface area contributed by atoms with Crippen LogP contribution in [-0.2, 0) is 19.6 Å². The molecule has 0 aliphatic carbocycles. The van der Waals surface area contributed by atoms with Crippen LogP contribution in [0.25, 0.3) is 0 Å². The van der Waals surface area contributed by atoms with Crippen molar-refractivity contribution in [3.05, 3.63) is 46.6 Å². The molecule has 2 aromatic rings. The molecule has 0 aliphatic heterocycles. The van der Waals surface area contributed by atoms with Gasteiger partial charge in [-0.25, -0.2) is 0 Å². The van der Waals surface area contributed by atoms with Crippen LogP contribution < -0.4 is 10.9 Å². The molecule has 2 rings (SSSR count). The standard InChI is InChI=1S/C14H20N4O/c1-3-7-17-11-13(5-6-14(17)19)15-8-12-9-16-18(4-2)10-12/h5-6,9-11,15H,3-4,7-8H2,1-2H3. The normalized spacial score (nSPS) is 10.6. The summed E-state index contributed by atoms with van der Waals surface area (Å²) in [5.74, 6) is 0. The third-order valence-electron chi connectivity index (χ3n) is 2.96. The van der Waals surface area contributed by atoms with Gasteiger partial charge in [-0.3, -0.25) is 9.48 Å². The van der Waals surface area contributed by atoms with Gasteiger partial charge in [-0.2, -0.15) is 5.10 Å². The number of hydrogen-bond acceptors (Lipinski definition) is 3. The summed E-state index contributed by atoms with van der Waals surface area (Å²) in [7, 11) is 0. The molecule has 19 heavy (non-hydrogen) atoms. The first-order chi connectivity index (χ1) is 9.22. The van der Waals surface area contributed by atoms with Crippen molar-refractivity contribution in [2.75, 3.05) is 5.32 Å². The van der Waals surface area contributed by atoms with Gasteiger partial charge < -0.3 is 9.88 Å². The average molecular weight is 260 g/mol. The van der Waals surface area contributed by atoms with Gasteiger partial charge in [0.15, 0.2) is 0 Å². The summed E-state index contributed by atoms with van der Waals surface area (Å²) in [6, 6.07) is 3.42. The van der Waals surface area contributed by atoms with Gasteiger partial charge in [0.2, 0.25) is 0 Å². The average Bonchev–Trinajstić information content (AvgIpc) is 2.88. The molecule has 0 atom stereocenters. The van der Waals surface area contributed by atoms with E-state index in [4.69, 9.17) is 0 Å². The van der Waals surface area contributed by atoms with Crippen molar-refractivity contribution in [2.24, 2.45) is 0 Å². The quantitative estimate of drug-likeness (QED) is 0.865. The number of nitrogens with one attached hydrogen (secondary N) is 1. The molecule has 2 heterocycles. The fourth-order valence-corrected chi connectivity index (χ4v) is 1.93. The van der Waals surface area contributed by atoms with Crippen molar-refractivity contribution in [1.82, 2.24) is 14.3 Å². The number of nitrogens with zero attached hydrogens (tertiary/aromatic N) is 3. The fourth-order valence-electron chi connectivity index (χ4n) is 1.93. The highest BCUT2D eigenvalue weighted by Gasteiger charge is 2.00. The van der Waals surface area contributed by atoms with Gasteiger partial charge in [0, 0.05) is 43.7 Å². The first-order valence-electron chi connectivity index (χ1n) is 6.68. The molecule has 0 bridgehead atoms. The maximum atomic E-state index is 11.6. The van der Waals surface area contributed by atoms with Gasteiger partial charge in [0.25, 0.3) is 5.56 Å². The molecule has 102 valence electrons. The van der Waals surface area contributed by atoms with E-state index in [1.54, 1.807) is 10.6 Å². The Kier molecular flexibility index (Phi) is 4.39. The number of aryl methyl sites for hydroxylation is 2. The maximum absolute atomic E-state index is 11.6. The zero-order chi connectivity index (χ0) is 13.7. The summed E-state index contributed by atoms with van der Waals surface area (Å²) in [6.07, 6.45) is 6.70. The molecule has 5 heteroatoms. The molecule has 0 spiro atoms. The van der Waals surface area contributed by atoms with E-state index in [9.17, 15) is 4.79 Å². The molecule has 1 N–H and O–H groups in total. The molecule has 0 radical (unpaired) electrons. The van der Waals surface area contributed by atoms with Gasteiger partial charge in [-0.15, -0.1) is 0 Å². The van der Waals surface area contributed by atoms with Crippen molar-refractivity contribution in [2.45, 2.75) is 39.9 Å². The Labute approximate surface area is 112 Å². The SMILES string of the molecule is CCCn1cc(NCc2cnn(CC)c2)ccc1=O. The molecule has 5 nitrogen and oxygen atoms in total. The van der Waals surface area contributed by atoms with Crippen molar-refractivity contribution in [3.8, 4) is 0 Å². The second kappa shape index (κ2) is 6.22. The Hall–Kier alpha value is -2.04. The van der Waals surface area contributed by atoms with Crippen LogP contribution in [0, 0.1) is 0 Å². The van der Waals surface area contributed by atoms with Crippen LogP contribution in [0.1, 0.15) is 25.8 Å². The number of hydrogen-bond donors (Lipinski definition) is 1. The van der Waals surface area contributed by atoms with Crippen LogP contribution in [-0.4, -0.2) is 14.3 Å². The zero-order valence-electron chi connectivity index (χ0n) is 11.5. The molecule has 0 saturated heterocycles. The lowest BCUT2D eigenvalue weighted by Gasteiger charge is -2.08. The minimum absolute atomic E-state index is 0.0474. The maximum Gasteiger partial charge on any atom is 0.250 e. The predicted octanol–water partition coefficient (Wildman–Crippen LogP) is 2.09. The molecule has 0 aliphatic rings. The second-order valence-electron chi connectivity index (χ2n) is 4.51. The highest BCUT2D eigenvalue weighted by Crippen LogP contribution is 2.07. The third-order valence-corrected chi connectivity index (χ3v) is 2.96. The molecule has 0 aromatic carbocycles. The first-order valence-corrected chi connectivity index (χ1v) is 6.68. The Balaban J connectivity index is 2.02. The Morgan fingerprint density at radius 2 is 2.11 bits per heavy atom. The Bertz CT molecular complexity index is 585. The van der Waals surface area contributed by atoms with E-state index < -0.39 is 0 Å². The van der Waals surface area contributed by atoms with Crippen molar-refractivity contribution in [3.63, 3.8) is 0 Å². The van der Waals surface area contributed by atoms with Gasteiger partial charge in [-0.1, -0.05) is 6.92 Å². The van der Waals surface area contributed by atoms with E-state index in [1.807, 2.05) is 29.3 Å². The first kappa shape index (κ1) is 13.4. The number of pyridine rings is 1. The number of rotatable bonds is 6. The van der Waals surface area contributed by atoms with Crippen LogP contribution in [0.2, 0.25) is 0 Å². The minimum atomic E-state index is 0.0474. The Morgan fingerprint density at radius 3 is 2.79 bits per heavy atom. The molecular weight excluding hydrogens is 240 g/mol. The fraction of sp³-hybridized carbons (Fsp3) is 0.429. The molecule has 2 aromatic heterocycles. The molecule has 0 amide bonds. The monoisotopic (exact) mass is 260 g/mol. The highest BCUT2D eigenvalue weighted by atomic mass is 16.1. The largest absolute Gasteiger partial charge is 0.380 e. The van der Waals surface area contributed by atoms with Crippen LogP contribution in [0.4, 0.5) is 5.69 Å². The summed E-state index contributed by atoms with van der Waals surface area (Å²) in [4.78, 5) is 11.6. The van der Waals surface area contributed by atoms with Crippen molar-refractivity contribution in [1.29, 1.82) is 0 Å². The van der Waals surface area contributed by atoms with Crippen LogP contribution in [0.5, 0.6) is 0 Å². The number of aromatic nitrogens is 3. The van der Waals surface area contributed by atoms with E-state index in [2.05, 4.69) is 24.3 Å². The van der Waals surface area contributed by atoms with Crippen molar-refractivity contribution < 1.29 is 0 Å². The minimum Gasteiger partial charge on any atom is -0.380 e. The molecule has 0 fully saturated rings. The lowest BCUT2D eigenvalue weighted by molar-refractivity contribution is 0.654. The van der Waals surface area contributed by atoms with Gasteiger partial charge in [-0.05, 0) is 19.4 Å². The van der Waals surface area contributed by atoms with E-state index in [0.717, 1.165) is 30.8 Å². The second-order valence-corrected chi connectivity index (χ2v) is 4.51. The summed E-state index contributed by atoms with van der Waals surface area (Å²) in [5, 5.41) is 7.54. The Morgan fingerprint density at radius 1 is 1.26 bits per heavy atom. The summed E-state index contributed by atoms with van der Waals surface area (Å²) in [6.45, 7) is 6.46. The van der Waals surface area contributed by atoms with Crippen LogP contribution in [0.3, 0.4) is 0 Å². The predicted molar refractivity (Wildman–Crippen MR) is 76.2 cm³/mol. The smallest absolute Gasteiger partial charge is 0.250 e. The molecule has 0 unspecified atom stereocenters. The summed E-state index contributed by atoms with van der Waals surface area (Å²) >= 11 is 0. The topological polar surface area (TPSA) is 51.9 Å². The van der Waals surface area contributed by atoms with Crippen LogP contribution in [0.15, 0.2) is 35.5 Å². The summed E-state index contributed by atoms with van der Waals surface area (Å²) < 4.78 is 3.63. The third kappa shape index (κ3) is 3.47. The van der Waals surface area contributed by atoms with E-state index in [0.29, 0.717) is 6.54 Å². The number of anilines is 1. The summed E-state index contributed by atoms with van der Waals surface area (Å²) in [5.41, 5.74) is 2.14. The zero-order valence-corrected chi connectivity index (χ0v) is 11.5. The highest BCUT2D eigenvalue weighted by molar-refractivity contribution is 5.40. The van der Waals surface area contributed by atoms with Gasteiger partial charge >= 0.3 is 0 Å². The molecular formula is C14H20N4O. The lowest BCUT2D eigenvalue weighted by atomic mass is 10.3. The van der Waals surface area contributed by atoms with E-state index in [-0.39, 0.29) is 5.56 Å².